The van der Waals surface area contributed by atoms with Gasteiger partial charge in [0.25, 0.3) is 0 Å². The van der Waals surface area contributed by atoms with E-state index in [-0.39, 0.29) is 5.28 Å². The van der Waals surface area contributed by atoms with Crippen molar-refractivity contribution in [3.05, 3.63) is 17.2 Å². The Hall–Kier alpha value is -1.23. The summed E-state index contributed by atoms with van der Waals surface area (Å²) in [6, 6.07) is 0. The molecule has 6 heteroatoms. The molecule has 0 aliphatic heterocycles. The predicted octanol–water partition coefficient (Wildman–Crippen LogP) is 0.895. The van der Waals surface area contributed by atoms with E-state index in [4.69, 9.17) is 11.6 Å². The summed E-state index contributed by atoms with van der Waals surface area (Å²) >= 11 is 5.51. The molecule has 1 heterocycles. The number of hydrogen-bond donors (Lipinski definition) is 0. The molecular formula is C6H7ClN4O. The molecule has 0 saturated heterocycles. The van der Waals surface area contributed by atoms with E-state index in [0.29, 0.717) is 11.4 Å². The largest absolute Gasteiger partial charge is 0.399 e. The number of rotatable bonds is 2. The van der Waals surface area contributed by atoms with Gasteiger partial charge >= 0.3 is 0 Å². The highest BCUT2D eigenvalue weighted by molar-refractivity contribution is 6.28. The zero-order valence-corrected chi connectivity index (χ0v) is 7.41. The third kappa shape index (κ3) is 2.13. The Balaban J connectivity index is 2.95. The van der Waals surface area contributed by atoms with Gasteiger partial charge in [-0.1, -0.05) is 5.16 Å². The second-order valence-electron chi connectivity index (χ2n) is 1.97. The van der Waals surface area contributed by atoms with Crippen LogP contribution in [0.25, 0.3) is 0 Å². The van der Waals surface area contributed by atoms with E-state index in [1.807, 2.05) is 0 Å². The molecule has 0 amide bonds. The molecule has 0 spiro atoms. The molecule has 1 aromatic rings. The van der Waals surface area contributed by atoms with Crippen LogP contribution in [-0.4, -0.2) is 28.0 Å². The lowest BCUT2D eigenvalue weighted by Gasteiger charge is -1.96. The van der Waals surface area contributed by atoms with Crippen LogP contribution in [0.3, 0.4) is 0 Å². The van der Waals surface area contributed by atoms with Crippen molar-refractivity contribution >= 4 is 17.3 Å². The van der Waals surface area contributed by atoms with E-state index in [2.05, 4.69) is 25.2 Å². The lowest BCUT2D eigenvalue weighted by molar-refractivity contribution is 0.213. The van der Waals surface area contributed by atoms with Gasteiger partial charge in [0, 0.05) is 0 Å². The Morgan fingerprint density at radius 3 is 3.00 bits per heavy atom. The number of oxime groups is 1. The minimum atomic E-state index is 0.0955. The topological polar surface area (TPSA) is 60.3 Å². The Kier molecular flexibility index (Phi) is 2.93. The average molecular weight is 187 g/mol. The van der Waals surface area contributed by atoms with Crippen LogP contribution in [-0.2, 0) is 4.84 Å². The first-order chi connectivity index (χ1) is 5.74. The zero-order chi connectivity index (χ0) is 8.97. The van der Waals surface area contributed by atoms with Crippen LogP contribution in [0, 0.1) is 0 Å². The first-order valence-electron chi connectivity index (χ1n) is 3.17. The molecule has 0 bridgehead atoms. The van der Waals surface area contributed by atoms with Gasteiger partial charge in [0.05, 0.1) is 6.20 Å². The van der Waals surface area contributed by atoms with Crippen LogP contribution in [0.4, 0.5) is 0 Å². The SMILES string of the molecule is CON=C(C)c1cnnc(Cl)n1. The summed E-state index contributed by atoms with van der Waals surface area (Å²) < 4.78 is 0. The third-order valence-electron chi connectivity index (χ3n) is 1.13. The van der Waals surface area contributed by atoms with Crippen LogP contribution < -0.4 is 0 Å². The van der Waals surface area contributed by atoms with E-state index >= 15 is 0 Å². The summed E-state index contributed by atoms with van der Waals surface area (Å²) in [7, 11) is 1.46. The lowest BCUT2D eigenvalue weighted by atomic mass is 10.3. The fourth-order valence-electron chi connectivity index (χ4n) is 0.640. The molecule has 0 aliphatic carbocycles. The normalized spacial score (nSPS) is 11.4. The van der Waals surface area contributed by atoms with Crippen molar-refractivity contribution in [2.24, 2.45) is 5.16 Å². The summed E-state index contributed by atoms with van der Waals surface area (Å²) in [4.78, 5) is 8.43. The monoisotopic (exact) mass is 186 g/mol. The van der Waals surface area contributed by atoms with Crippen molar-refractivity contribution < 1.29 is 4.84 Å². The van der Waals surface area contributed by atoms with Crippen molar-refractivity contribution in [1.29, 1.82) is 0 Å². The van der Waals surface area contributed by atoms with E-state index in [0.717, 1.165) is 0 Å². The molecule has 1 aromatic heterocycles. The summed E-state index contributed by atoms with van der Waals surface area (Å²) in [5.74, 6) is 0. The Bertz CT molecular complexity index is 301. The Morgan fingerprint density at radius 2 is 2.42 bits per heavy atom. The molecule has 1 rings (SSSR count). The number of nitrogens with zero attached hydrogens (tertiary/aromatic N) is 4. The van der Waals surface area contributed by atoms with Gasteiger partial charge in [0.2, 0.25) is 5.28 Å². The lowest BCUT2D eigenvalue weighted by Crippen LogP contribution is -2.01. The molecule has 0 aliphatic rings. The fraction of sp³-hybridized carbons (Fsp3) is 0.333. The van der Waals surface area contributed by atoms with E-state index in [9.17, 15) is 0 Å². The zero-order valence-electron chi connectivity index (χ0n) is 6.65. The van der Waals surface area contributed by atoms with Crippen molar-refractivity contribution in [3.63, 3.8) is 0 Å². The minimum absolute atomic E-state index is 0.0955. The van der Waals surface area contributed by atoms with Gasteiger partial charge in [-0.05, 0) is 18.5 Å². The highest BCUT2D eigenvalue weighted by Gasteiger charge is 2.01. The van der Waals surface area contributed by atoms with Crippen molar-refractivity contribution in [2.75, 3.05) is 7.11 Å². The highest BCUT2D eigenvalue weighted by Crippen LogP contribution is 2.00. The quantitative estimate of drug-likeness (QED) is 0.509. The molecule has 5 nitrogen and oxygen atoms in total. The maximum atomic E-state index is 5.51. The van der Waals surface area contributed by atoms with Gasteiger partial charge in [0.1, 0.15) is 18.5 Å². The van der Waals surface area contributed by atoms with Crippen LogP contribution >= 0.6 is 11.6 Å². The molecule has 0 N–H and O–H groups in total. The Morgan fingerprint density at radius 1 is 1.67 bits per heavy atom. The Labute approximate surface area is 74.4 Å². The van der Waals surface area contributed by atoms with Gasteiger partial charge < -0.3 is 4.84 Å². The maximum absolute atomic E-state index is 5.51. The molecule has 0 saturated carbocycles. The van der Waals surface area contributed by atoms with E-state index in [1.54, 1.807) is 6.92 Å². The molecule has 0 unspecified atom stereocenters. The summed E-state index contributed by atoms with van der Waals surface area (Å²) in [6.45, 7) is 1.74. The third-order valence-corrected chi connectivity index (χ3v) is 1.29. The van der Waals surface area contributed by atoms with Crippen LogP contribution in [0.5, 0.6) is 0 Å². The number of hydrogen-bond acceptors (Lipinski definition) is 5. The number of aromatic nitrogens is 3. The summed E-state index contributed by atoms with van der Waals surface area (Å²) in [5.41, 5.74) is 1.16. The molecule has 0 radical (unpaired) electrons. The van der Waals surface area contributed by atoms with E-state index < -0.39 is 0 Å². The average Bonchev–Trinajstić information content (AvgIpc) is 2.05. The first-order valence-corrected chi connectivity index (χ1v) is 3.55. The first kappa shape index (κ1) is 8.86. The molecule has 64 valence electrons. The van der Waals surface area contributed by atoms with Crippen molar-refractivity contribution in [3.8, 4) is 0 Å². The molecule has 0 aromatic carbocycles. The van der Waals surface area contributed by atoms with Gasteiger partial charge in [-0.3, -0.25) is 0 Å². The van der Waals surface area contributed by atoms with Crippen LogP contribution in [0.2, 0.25) is 5.28 Å². The summed E-state index contributed by atoms with van der Waals surface area (Å²) in [6.07, 6.45) is 1.46. The van der Waals surface area contributed by atoms with E-state index in [1.165, 1.54) is 13.3 Å². The maximum Gasteiger partial charge on any atom is 0.243 e. The van der Waals surface area contributed by atoms with Gasteiger partial charge in [-0.15, -0.1) is 5.10 Å². The van der Waals surface area contributed by atoms with Crippen LogP contribution in [0.1, 0.15) is 12.6 Å². The minimum Gasteiger partial charge on any atom is -0.399 e. The second-order valence-corrected chi connectivity index (χ2v) is 2.31. The number of halogens is 1. The smallest absolute Gasteiger partial charge is 0.243 e. The van der Waals surface area contributed by atoms with Crippen molar-refractivity contribution in [1.82, 2.24) is 15.2 Å². The van der Waals surface area contributed by atoms with Gasteiger partial charge in [-0.2, -0.15) is 5.10 Å². The molecule has 12 heavy (non-hydrogen) atoms. The fourth-order valence-corrected chi connectivity index (χ4v) is 0.775. The highest BCUT2D eigenvalue weighted by atomic mass is 35.5. The molecular weight excluding hydrogens is 180 g/mol. The summed E-state index contributed by atoms with van der Waals surface area (Å²) in [5, 5.41) is 10.9. The molecule has 0 atom stereocenters. The van der Waals surface area contributed by atoms with Gasteiger partial charge in [0.15, 0.2) is 0 Å². The van der Waals surface area contributed by atoms with Gasteiger partial charge in [-0.25, -0.2) is 4.98 Å². The molecule has 0 fully saturated rings. The second kappa shape index (κ2) is 3.96. The van der Waals surface area contributed by atoms with Crippen LogP contribution in [0.15, 0.2) is 11.4 Å². The van der Waals surface area contributed by atoms with Crippen molar-refractivity contribution in [2.45, 2.75) is 6.92 Å². The standard InChI is InChI=1S/C6H7ClN4O/c1-4(11-12-2)5-3-8-10-6(7)9-5/h3H,1-2H3. The predicted molar refractivity (Wildman–Crippen MR) is 44.1 cm³/mol.